The summed E-state index contributed by atoms with van der Waals surface area (Å²) in [5.74, 6) is 0. The molecule has 0 spiro atoms. The first kappa shape index (κ1) is 15.2. The van der Waals surface area contributed by atoms with Crippen LogP contribution in [0.1, 0.15) is 7.43 Å². The van der Waals surface area contributed by atoms with Gasteiger partial charge in [0, 0.05) is 0 Å². The highest BCUT2D eigenvalue weighted by atomic mass is 79.9. The molecule has 0 radical (unpaired) electrons. The number of hydrogen-bond acceptors (Lipinski definition) is 4. The van der Waals surface area contributed by atoms with Crippen LogP contribution in [0.5, 0.6) is 0 Å². The Morgan fingerprint density at radius 1 is 0.789 bits per heavy atom. The summed E-state index contributed by atoms with van der Waals surface area (Å²) >= 11 is 0. The Bertz CT molecular complexity index is 515. The standard InChI is InChI=1S/C13H12N4.CH4.BrH/c1-3-7-12(8-4-1)16-11-14-15-17(16)13-9-5-2-6-10-13;;/h1-10H,11H2;1H4;1H. The predicted octanol–water partition coefficient (Wildman–Crippen LogP) is 4.47. The molecule has 0 saturated carbocycles. The molecule has 0 atom stereocenters. The molecular weight excluding hydrogens is 304 g/mol. The molecule has 5 heteroatoms. The van der Waals surface area contributed by atoms with Crippen molar-refractivity contribution in [3.8, 4) is 0 Å². The molecule has 19 heavy (non-hydrogen) atoms. The van der Waals surface area contributed by atoms with E-state index >= 15 is 0 Å². The highest BCUT2D eigenvalue weighted by Gasteiger charge is 2.20. The number of rotatable bonds is 2. The number of hydrazine groups is 1. The van der Waals surface area contributed by atoms with E-state index in [0.29, 0.717) is 6.67 Å². The van der Waals surface area contributed by atoms with Crippen molar-refractivity contribution in [1.29, 1.82) is 0 Å². The van der Waals surface area contributed by atoms with Crippen LogP contribution in [0.3, 0.4) is 0 Å². The number of halogens is 1. The summed E-state index contributed by atoms with van der Waals surface area (Å²) in [4.78, 5) is 0. The largest absolute Gasteiger partial charge is 0.240 e. The van der Waals surface area contributed by atoms with E-state index in [0.717, 1.165) is 11.4 Å². The Balaban J connectivity index is 0.000000902. The second-order valence-corrected chi connectivity index (χ2v) is 3.73. The quantitative estimate of drug-likeness (QED) is 0.817. The van der Waals surface area contributed by atoms with Crippen molar-refractivity contribution in [2.45, 2.75) is 7.43 Å². The number of benzene rings is 2. The smallest absolute Gasteiger partial charge is 0.154 e. The highest BCUT2D eigenvalue weighted by molar-refractivity contribution is 8.93. The summed E-state index contributed by atoms with van der Waals surface area (Å²) in [6.07, 6.45) is 0. The average Bonchev–Trinajstić information content (AvgIpc) is 2.90. The van der Waals surface area contributed by atoms with Gasteiger partial charge in [0.2, 0.25) is 0 Å². The van der Waals surface area contributed by atoms with E-state index in [1.165, 1.54) is 0 Å². The van der Waals surface area contributed by atoms with Gasteiger partial charge in [0.1, 0.15) is 0 Å². The first-order chi connectivity index (χ1) is 8.45. The third-order valence-corrected chi connectivity index (χ3v) is 2.62. The molecule has 0 amide bonds. The Morgan fingerprint density at radius 3 is 1.89 bits per heavy atom. The summed E-state index contributed by atoms with van der Waals surface area (Å²) in [7, 11) is 0. The number of hydrogen-bond donors (Lipinski definition) is 0. The summed E-state index contributed by atoms with van der Waals surface area (Å²) in [5.41, 5.74) is 2.10. The van der Waals surface area contributed by atoms with Gasteiger partial charge in [-0.25, -0.2) is 5.01 Å². The van der Waals surface area contributed by atoms with E-state index in [-0.39, 0.29) is 24.4 Å². The van der Waals surface area contributed by atoms with Crippen molar-refractivity contribution >= 4 is 28.4 Å². The molecule has 0 unspecified atom stereocenters. The molecule has 1 heterocycles. The topological polar surface area (TPSA) is 31.2 Å². The van der Waals surface area contributed by atoms with E-state index in [1.54, 1.807) is 0 Å². The minimum absolute atomic E-state index is 0. The Kier molecular flexibility index (Phi) is 5.51. The van der Waals surface area contributed by atoms with E-state index in [4.69, 9.17) is 0 Å². The molecule has 4 nitrogen and oxygen atoms in total. The van der Waals surface area contributed by atoms with E-state index < -0.39 is 0 Å². The van der Waals surface area contributed by atoms with Gasteiger partial charge < -0.3 is 0 Å². The summed E-state index contributed by atoms with van der Waals surface area (Å²) in [5, 5.41) is 12.1. The third kappa shape index (κ3) is 3.12. The minimum Gasteiger partial charge on any atom is -0.240 e. The van der Waals surface area contributed by atoms with Crippen LogP contribution in [-0.2, 0) is 0 Å². The monoisotopic (exact) mass is 320 g/mol. The second kappa shape index (κ2) is 6.89. The number of para-hydroxylation sites is 2. The molecule has 1 aliphatic heterocycles. The minimum atomic E-state index is 0. The molecule has 0 aliphatic carbocycles. The first-order valence-electron chi connectivity index (χ1n) is 5.50. The molecule has 0 aromatic heterocycles. The van der Waals surface area contributed by atoms with Gasteiger partial charge >= 0.3 is 0 Å². The van der Waals surface area contributed by atoms with Crippen LogP contribution in [0.2, 0.25) is 0 Å². The highest BCUT2D eigenvalue weighted by Crippen LogP contribution is 2.25. The molecule has 3 rings (SSSR count). The first-order valence-corrected chi connectivity index (χ1v) is 5.50. The molecule has 0 N–H and O–H groups in total. The molecule has 2 aromatic carbocycles. The fourth-order valence-corrected chi connectivity index (χ4v) is 1.80. The maximum Gasteiger partial charge on any atom is 0.154 e. The number of nitrogens with zero attached hydrogens (tertiary/aromatic N) is 4. The van der Waals surface area contributed by atoms with Gasteiger partial charge in [-0.15, -0.1) is 22.1 Å². The van der Waals surface area contributed by atoms with Crippen LogP contribution in [0.4, 0.5) is 11.4 Å². The predicted molar refractivity (Wildman–Crippen MR) is 84.6 cm³/mol. The van der Waals surface area contributed by atoms with Crippen LogP contribution in [0, 0.1) is 0 Å². The van der Waals surface area contributed by atoms with Gasteiger partial charge in [-0.3, -0.25) is 0 Å². The second-order valence-electron chi connectivity index (χ2n) is 3.73. The van der Waals surface area contributed by atoms with Crippen molar-refractivity contribution in [3.63, 3.8) is 0 Å². The average molecular weight is 321 g/mol. The Labute approximate surface area is 124 Å². The lowest BCUT2D eigenvalue weighted by Gasteiger charge is -2.26. The van der Waals surface area contributed by atoms with Gasteiger partial charge in [-0.05, 0) is 29.5 Å². The van der Waals surface area contributed by atoms with Crippen LogP contribution in [0.15, 0.2) is 71.0 Å². The summed E-state index contributed by atoms with van der Waals surface area (Å²) in [6.45, 7) is 0.554. The van der Waals surface area contributed by atoms with Crippen molar-refractivity contribution in [3.05, 3.63) is 60.7 Å². The lowest BCUT2D eigenvalue weighted by Crippen LogP contribution is -2.34. The van der Waals surface area contributed by atoms with Crippen molar-refractivity contribution in [1.82, 2.24) is 0 Å². The fraction of sp³-hybridized carbons (Fsp3) is 0.143. The maximum atomic E-state index is 4.15. The molecule has 100 valence electrons. The van der Waals surface area contributed by atoms with Crippen molar-refractivity contribution in [2.24, 2.45) is 10.3 Å². The van der Waals surface area contributed by atoms with Crippen LogP contribution in [0.25, 0.3) is 0 Å². The lowest BCUT2D eigenvalue weighted by atomic mass is 10.3. The van der Waals surface area contributed by atoms with Gasteiger partial charge in [0.25, 0.3) is 0 Å². The van der Waals surface area contributed by atoms with Crippen LogP contribution in [-0.4, -0.2) is 6.67 Å². The van der Waals surface area contributed by atoms with Gasteiger partial charge in [-0.1, -0.05) is 43.8 Å². The fourth-order valence-electron chi connectivity index (χ4n) is 1.80. The van der Waals surface area contributed by atoms with Gasteiger partial charge in [0.05, 0.1) is 11.4 Å². The molecule has 1 aliphatic rings. The van der Waals surface area contributed by atoms with Gasteiger partial charge in [-0.2, -0.15) is 5.12 Å². The Morgan fingerprint density at radius 2 is 1.32 bits per heavy atom. The number of anilines is 2. The molecule has 0 bridgehead atoms. The summed E-state index contributed by atoms with van der Waals surface area (Å²) in [6, 6.07) is 20.1. The Hall–Kier alpha value is -1.88. The third-order valence-electron chi connectivity index (χ3n) is 2.62. The zero-order chi connectivity index (χ0) is 11.5. The van der Waals surface area contributed by atoms with E-state index in [9.17, 15) is 0 Å². The normalized spacial score (nSPS) is 12.8. The zero-order valence-corrected chi connectivity index (χ0v) is 11.4. The van der Waals surface area contributed by atoms with Crippen molar-refractivity contribution < 1.29 is 0 Å². The van der Waals surface area contributed by atoms with Crippen LogP contribution < -0.4 is 10.1 Å². The summed E-state index contributed by atoms with van der Waals surface area (Å²) < 4.78 is 0. The van der Waals surface area contributed by atoms with E-state index in [1.807, 2.05) is 70.8 Å². The van der Waals surface area contributed by atoms with Crippen molar-refractivity contribution in [2.75, 3.05) is 16.8 Å². The molecular formula is C14H17BrN4. The van der Waals surface area contributed by atoms with E-state index in [2.05, 4.69) is 10.3 Å². The van der Waals surface area contributed by atoms with Gasteiger partial charge in [0.15, 0.2) is 6.67 Å². The lowest BCUT2D eigenvalue weighted by molar-refractivity contribution is 0.852. The molecule has 0 fully saturated rings. The SMILES string of the molecule is Br.C.c1ccc(N2CN=NN2c2ccccc2)cc1. The van der Waals surface area contributed by atoms with Crippen LogP contribution >= 0.6 is 17.0 Å². The molecule has 2 aromatic rings. The molecule has 0 saturated heterocycles. The maximum absolute atomic E-state index is 4.15. The zero-order valence-electron chi connectivity index (χ0n) is 9.68.